The van der Waals surface area contributed by atoms with Gasteiger partial charge in [-0.15, -0.1) is 0 Å². The Hall–Kier alpha value is 0.270. The summed E-state index contributed by atoms with van der Waals surface area (Å²) in [5.74, 6) is 2.67. The average molecular weight is 242 g/mol. The molecule has 0 aromatic heterocycles. The molecule has 0 aromatic carbocycles. The van der Waals surface area contributed by atoms with E-state index in [1.165, 1.54) is 43.9 Å². The maximum atomic E-state index is 3.53. The molecule has 2 unspecified atom stereocenters. The zero-order valence-electron chi connectivity index (χ0n) is 11.0. The molecule has 0 aromatic rings. The fraction of sp³-hybridized carbons (Fsp3) is 1.00. The van der Waals surface area contributed by atoms with Crippen molar-refractivity contribution in [3.8, 4) is 0 Å². The van der Waals surface area contributed by atoms with Crippen LogP contribution in [0, 0.1) is 5.41 Å². The van der Waals surface area contributed by atoms with Crippen molar-refractivity contribution < 1.29 is 0 Å². The highest BCUT2D eigenvalue weighted by Gasteiger charge is 2.37. The fourth-order valence-corrected chi connectivity index (χ4v) is 4.77. The number of nitrogens with one attached hydrogen (secondary N) is 1. The lowest BCUT2D eigenvalue weighted by molar-refractivity contribution is 0.0719. The number of hydrogen-bond donors (Lipinski definition) is 1. The third-order valence-electron chi connectivity index (χ3n) is 4.41. The molecule has 0 amide bonds. The summed E-state index contributed by atoms with van der Waals surface area (Å²) in [6.07, 6.45) is 4.09. The minimum Gasteiger partial charge on any atom is -0.315 e. The molecule has 3 heteroatoms. The van der Waals surface area contributed by atoms with Crippen LogP contribution < -0.4 is 5.32 Å². The first-order valence-electron chi connectivity index (χ1n) is 6.62. The van der Waals surface area contributed by atoms with Crippen molar-refractivity contribution in [1.29, 1.82) is 0 Å². The number of piperidine rings is 1. The van der Waals surface area contributed by atoms with Crippen molar-refractivity contribution in [3.63, 3.8) is 0 Å². The van der Waals surface area contributed by atoms with E-state index in [0.717, 1.165) is 12.1 Å². The Bertz CT molecular complexity index is 224. The van der Waals surface area contributed by atoms with Crippen LogP contribution in [-0.4, -0.2) is 48.6 Å². The Morgan fingerprint density at radius 2 is 2.19 bits per heavy atom. The van der Waals surface area contributed by atoms with Gasteiger partial charge < -0.3 is 5.32 Å². The highest BCUT2D eigenvalue weighted by molar-refractivity contribution is 7.99. The molecule has 2 saturated heterocycles. The predicted octanol–water partition coefficient (Wildman–Crippen LogP) is 2.20. The van der Waals surface area contributed by atoms with E-state index in [4.69, 9.17) is 0 Å². The van der Waals surface area contributed by atoms with Crippen molar-refractivity contribution in [2.45, 2.75) is 45.2 Å². The molecule has 0 aliphatic carbocycles. The zero-order valence-corrected chi connectivity index (χ0v) is 11.8. The van der Waals surface area contributed by atoms with Crippen molar-refractivity contribution in [2.75, 3.05) is 31.6 Å². The topological polar surface area (TPSA) is 15.3 Å². The number of thioether (sulfide) groups is 1. The van der Waals surface area contributed by atoms with Crippen LogP contribution in [0.4, 0.5) is 0 Å². The summed E-state index contributed by atoms with van der Waals surface area (Å²) in [6.45, 7) is 7.30. The second-order valence-electron chi connectivity index (χ2n) is 5.99. The molecular weight excluding hydrogens is 216 g/mol. The smallest absolute Gasteiger partial charge is 0.0238 e. The van der Waals surface area contributed by atoms with E-state index in [2.05, 4.69) is 42.9 Å². The van der Waals surface area contributed by atoms with Gasteiger partial charge in [0, 0.05) is 24.4 Å². The minimum atomic E-state index is 0.497. The molecule has 2 aliphatic heterocycles. The Morgan fingerprint density at radius 1 is 1.38 bits per heavy atom. The molecule has 0 radical (unpaired) electrons. The molecule has 0 spiro atoms. The quantitative estimate of drug-likeness (QED) is 0.799. The molecule has 2 rings (SSSR count). The summed E-state index contributed by atoms with van der Waals surface area (Å²) in [5.41, 5.74) is 0.497. The second kappa shape index (κ2) is 5.28. The molecule has 2 aliphatic rings. The highest BCUT2D eigenvalue weighted by atomic mass is 32.2. The van der Waals surface area contributed by atoms with Gasteiger partial charge in [-0.05, 0) is 44.0 Å². The third-order valence-corrected chi connectivity index (χ3v) is 5.45. The molecule has 2 fully saturated rings. The average Bonchev–Trinajstić information content (AvgIpc) is 2.29. The first-order valence-corrected chi connectivity index (χ1v) is 7.77. The van der Waals surface area contributed by atoms with Gasteiger partial charge >= 0.3 is 0 Å². The Balaban J connectivity index is 1.98. The molecule has 0 saturated carbocycles. The summed E-state index contributed by atoms with van der Waals surface area (Å²) in [6, 6.07) is 1.52. The minimum absolute atomic E-state index is 0.497. The molecule has 16 heavy (non-hydrogen) atoms. The first-order chi connectivity index (χ1) is 7.61. The summed E-state index contributed by atoms with van der Waals surface area (Å²) in [5, 5.41) is 3.53. The van der Waals surface area contributed by atoms with E-state index in [1.807, 2.05) is 0 Å². The molecular formula is C13H26N2S. The van der Waals surface area contributed by atoms with Crippen molar-refractivity contribution in [3.05, 3.63) is 0 Å². The van der Waals surface area contributed by atoms with Gasteiger partial charge in [0.15, 0.2) is 0 Å². The lowest BCUT2D eigenvalue weighted by Gasteiger charge is -2.47. The normalized spacial score (nSPS) is 35.2. The van der Waals surface area contributed by atoms with Gasteiger partial charge in [0.05, 0.1) is 0 Å². The zero-order chi connectivity index (χ0) is 11.6. The molecule has 2 atom stereocenters. The van der Waals surface area contributed by atoms with Gasteiger partial charge in [-0.25, -0.2) is 0 Å². The van der Waals surface area contributed by atoms with Gasteiger partial charge in [0.1, 0.15) is 0 Å². The summed E-state index contributed by atoms with van der Waals surface area (Å²) in [4.78, 5) is 2.66. The maximum absolute atomic E-state index is 3.53. The van der Waals surface area contributed by atoms with E-state index in [0.29, 0.717) is 5.41 Å². The second-order valence-corrected chi connectivity index (χ2v) is 7.14. The molecule has 2 nitrogen and oxygen atoms in total. The highest BCUT2D eigenvalue weighted by Crippen LogP contribution is 2.37. The summed E-state index contributed by atoms with van der Waals surface area (Å²) in [7, 11) is 2.34. The third kappa shape index (κ3) is 2.74. The van der Waals surface area contributed by atoms with Gasteiger partial charge in [-0.3, -0.25) is 4.90 Å². The Morgan fingerprint density at radius 3 is 2.81 bits per heavy atom. The van der Waals surface area contributed by atoms with Crippen molar-refractivity contribution >= 4 is 11.8 Å². The molecule has 94 valence electrons. The van der Waals surface area contributed by atoms with E-state index in [1.54, 1.807) is 0 Å². The largest absolute Gasteiger partial charge is 0.315 e. The van der Waals surface area contributed by atoms with Crippen LogP contribution >= 0.6 is 11.8 Å². The van der Waals surface area contributed by atoms with Crippen LogP contribution in [0.3, 0.4) is 0 Å². The van der Waals surface area contributed by atoms with Gasteiger partial charge in [-0.1, -0.05) is 13.8 Å². The van der Waals surface area contributed by atoms with Crippen molar-refractivity contribution in [1.82, 2.24) is 10.2 Å². The molecule has 2 heterocycles. The van der Waals surface area contributed by atoms with E-state index in [-0.39, 0.29) is 0 Å². The van der Waals surface area contributed by atoms with Crippen molar-refractivity contribution in [2.24, 2.45) is 5.41 Å². The van der Waals surface area contributed by atoms with Gasteiger partial charge in [-0.2, -0.15) is 11.8 Å². The van der Waals surface area contributed by atoms with Crippen LogP contribution in [0.5, 0.6) is 0 Å². The number of hydrogen-bond acceptors (Lipinski definition) is 3. The number of rotatable bonds is 2. The van der Waals surface area contributed by atoms with Crippen LogP contribution in [0.1, 0.15) is 33.1 Å². The monoisotopic (exact) mass is 242 g/mol. The molecule has 1 N–H and O–H groups in total. The fourth-order valence-electron chi connectivity index (χ4n) is 3.03. The maximum Gasteiger partial charge on any atom is 0.0238 e. The Kier molecular flexibility index (Phi) is 4.20. The van der Waals surface area contributed by atoms with Gasteiger partial charge in [0.25, 0.3) is 0 Å². The van der Waals surface area contributed by atoms with E-state index in [9.17, 15) is 0 Å². The van der Waals surface area contributed by atoms with Crippen LogP contribution in [0.2, 0.25) is 0 Å². The van der Waals surface area contributed by atoms with Crippen LogP contribution in [-0.2, 0) is 0 Å². The van der Waals surface area contributed by atoms with E-state index >= 15 is 0 Å². The molecule has 0 bridgehead atoms. The SMILES string of the molecule is CN(C1CCCNC1)C1CSCCC1(C)C. The van der Waals surface area contributed by atoms with E-state index < -0.39 is 0 Å². The first kappa shape index (κ1) is 12.7. The predicted molar refractivity (Wildman–Crippen MR) is 73.2 cm³/mol. The summed E-state index contributed by atoms with van der Waals surface area (Å²) < 4.78 is 0. The summed E-state index contributed by atoms with van der Waals surface area (Å²) >= 11 is 2.14. The lowest BCUT2D eigenvalue weighted by Crippen LogP contribution is -2.55. The van der Waals surface area contributed by atoms with Crippen LogP contribution in [0.15, 0.2) is 0 Å². The number of likely N-dealkylation sites (N-methyl/N-ethyl adjacent to an activating group) is 1. The Labute approximate surface area is 105 Å². The standard InChI is InChI=1S/C13H26N2S/c1-13(2)6-8-16-10-12(13)15(3)11-5-4-7-14-9-11/h11-12,14H,4-10H2,1-3H3. The van der Waals surface area contributed by atoms with Crippen LogP contribution in [0.25, 0.3) is 0 Å². The van der Waals surface area contributed by atoms with Gasteiger partial charge in [0.2, 0.25) is 0 Å². The lowest BCUT2D eigenvalue weighted by atomic mass is 9.80. The number of nitrogens with zero attached hydrogens (tertiary/aromatic N) is 1.